The van der Waals surface area contributed by atoms with Gasteiger partial charge in [-0.15, -0.1) is 0 Å². The zero-order valence-corrected chi connectivity index (χ0v) is 21.7. The fourth-order valence-corrected chi connectivity index (χ4v) is 4.22. The molecule has 3 rings (SSSR count). The van der Waals surface area contributed by atoms with Crippen molar-refractivity contribution >= 4 is 11.8 Å². The van der Waals surface area contributed by atoms with Crippen LogP contribution in [0.4, 0.5) is 0 Å². The number of hydrogen-bond donors (Lipinski definition) is 1. The quantitative estimate of drug-likeness (QED) is 0.413. The van der Waals surface area contributed by atoms with E-state index in [0.717, 1.165) is 39.8 Å². The van der Waals surface area contributed by atoms with Gasteiger partial charge >= 0.3 is 0 Å². The number of benzene rings is 3. The van der Waals surface area contributed by atoms with Crippen LogP contribution >= 0.6 is 0 Å². The molecular formula is C31H38N2O2. The van der Waals surface area contributed by atoms with Gasteiger partial charge in [-0.3, -0.25) is 9.59 Å². The molecule has 0 radical (unpaired) electrons. The normalized spacial score (nSPS) is 12.6. The van der Waals surface area contributed by atoms with Crippen molar-refractivity contribution in [3.63, 3.8) is 0 Å². The predicted octanol–water partition coefficient (Wildman–Crippen LogP) is 5.71. The van der Waals surface area contributed by atoms with Crippen molar-refractivity contribution in [2.45, 2.75) is 72.5 Å². The maximum Gasteiger partial charge on any atom is 0.243 e. The number of rotatable bonds is 10. The fraction of sp³-hybridized carbons (Fsp3) is 0.355. The van der Waals surface area contributed by atoms with Gasteiger partial charge in [-0.25, -0.2) is 0 Å². The molecule has 0 aliphatic carbocycles. The summed E-state index contributed by atoms with van der Waals surface area (Å²) in [6.07, 6.45) is 1.56. The number of amides is 2. The van der Waals surface area contributed by atoms with E-state index >= 15 is 0 Å². The van der Waals surface area contributed by atoms with Crippen LogP contribution in [0.1, 0.15) is 53.6 Å². The van der Waals surface area contributed by atoms with Crippen molar-refractivity contribution in [2.75, 3.05) is 0 Å². The van der Waals surface area contributed by atoms with E-state index in [2.05, 4.69) is 23.5 Å². The third kappa shape index (κ3) is 7.29. The Morgan fingerprint density at radius 2 is 1.51 bits per heavy atom. The van der Waals surface area contributed by atoms with E-state index in [0.29, 0.717) is 13.0 Å². The summed E-state index contributed by atoms with van der Waals surface area (Å²) in [4.78, 5) is 29.3. The highest BCUT2D eigenvalue weighted by Crippen LogP contribution is 2.20. The lowest BCUT2D eigenvalue weighted by Crippen LogP contribution is -2.52. The zero-order chi connectivity index (χ0) is 25.4. The molecule has 4 heteroatoms. The third-order valence-electron chi connectivity index (χ3n) is 6.72. The molecule has 1 N–H and O–H groups in total. The maximum atomic E-state index is 13.9. The predicted molar refractivity (Wildman–Crippen MR) is 143 cm³/mol. The van der Waals surface area contributed by atoms with Gasteiger partial charge in [0.15, 0.2) is 0 Å². The molecule has 2 amide bonds. The van der Waals surface area contributed by atoms with Crippen LogP contribution in [0.15, 0.2) is 72.8 Å². The smallest absolute Gasteiger partial charge is 0.243 e. The number of carbonyl (C=O) groups is 2. The van der Waals surface area contributed by atoms with Crippen molar-refractivity contribution in [1.29, 1.82) is 0 Å². The van der Waals surface area contributed by atoms with Gasteiger partial charge in [0.05, 0.1) is 6.42 Å². The third-order valence-corrected chi connectivity index (χ3v) is 6.72. The SMILES string of the molecule is CC[C@H](C)NC(=O)[C@H](Cc1ccccc1)N(Cc1ccccc1C)C(=O)Cc1cc(C)ccc1C. The first-order valence-corrected chi connectivity index (χ1v) is 12.5. The van der Waals surface area contributed by atoms with E-state index in [1.165, 1.54) is 0 Å². The fourth-order valence-electron chi connectivity index (χ4n) is 4.22. The summed E-state index contributed by atoms with van der Waals surface area (Å²) in [7, 11) is 0. The van der Waals surface area contributed by atoms with Crippen molar-refractivity contribution in [3.8, 4) is 0 Å². The van der Waals surface area contributed by atoms with Crippen LogP contribution in [0.3, 0.4) is 0 Å². The van der Waals surface area contributed by atoms with Crippen LogP contribution in [-0.2, 0) is 29.0 Å². The van der Waals surface area contributed by atoms with Gasteiger partial charge in [-0.05, 0) is 61.9 Å². The van der Waals surface area contributed by atoms with Crippen LogP contribution in [0.5, 0.6) is 0 Å². The first-order chi connectivity index (χ1) is 16.8. The van der Waals surface area contributed by atoms with E-state index < -0.39 is 6.04 Å². The van der Waals surface area contributed by atoms with Crippen molar-refractivity contribution in [2.24, 2.45) is 0 Å². The zero-order valence-electron chi connectivity index (χ0n) is 21.7. The summed E-state index contributed by atoms with van der Waals surface area (Å²) >= 11 is 0. The largest absolute Gasteiger partial charge is 0.352 e. The van der Waals surface area contributed by atoms with Gasteiger partial charge in [0.2, 0.25) is 11.8 Å². The Morgan fingerprint density at radius 1 is 0.857 bits per heavy atom. The molecule has 0 aliphatic heterocycles. The lowest BCUT2D eigenvalue weighted by Gasteiger charge is -2.33. The summed E-state index contributed by atoms with van der Waals surface area (Å²) in [5.74, 6) is -0.145. The Kier molecular flexibility index (Phi) is 9.25. The highest BCUT2D eigenvalue weighted by Gasteiger charge is 2.31. The molecule has 0 unspecified atom stereocenters. The van der Waals surface area contributed by atoms with Crippen LogP contribution in [0, 0.1) is 20.8 Å². The van der Waals surface area contributed by atoms with Gasteiger partial charge in [0.1, 0.15) is 6.04 Å². The van der Waals surface area contributed by atoms with E-state index in [9.17, 15) is 9.59 Å². The van der Waals surface area contributed by atoms with Crippen molar-refractivity contribution in [3.05, 3.63) is 106 Å². The topological polar surface area (TPSA) is 49.4 Å². The molecule has 0 fully saturated rings. The number of carbonyl (C=O) groups excluding carboxylic acids is 2. The molecule has 0 saturated carbocycles. The molecule has 3 aromatic rings. The Morgan fingerprint density at radius 3 is 2.20 bits per heavy atom. The maximum absolute atomic E-state index is 13.9. The van der Waals surface area contributed by atoms with Gasteiger partial charge in [-0.1, -0.05) is 85.3 Å². The lowest BCUT2D eigenvalue weighted by molar-refractivity contribution is -0.141. The molecule has 184 valence electrons. The summed E-state index contributed by atoms with van der Waals surface area (Å²) in [5, 5.41) is 3.14. The monoisotopic (exact) mass is 470 g/mol. The van der Waals surface area contributed by atoms with E-state index in [1.807, 2.05) is 89.2 Å². The van der Waals surface area contributed by atoms with Crippen LogP contribution in [0.25, 0.3) is 0 Å². The molecule has 2 atom stereocenters. The van der Waals surface area contributed by atoms with E-state index in [1.54, 1.807) is 4.90 Å². The highest BCUT2D eigenvalue weighted by molar-refractivity contribution is 5.89. The summed E-state index contributed by atoms with van der Waals surface area (Å²) in [6.45, 7) is 10.6. The molecular weight excluding hydrogens is 432 g/mol. The summed E-state index contributed by atoms with van der Waals surface area (Å²) in [6, 6.07) is 23.7. The average Bonchev–Trinajstić information content (AvgIpc) is 2.85. The van der Waals surface area contributed by atoms with E-state index in [-0.39, 0.29) is 24.3 Å². The molecule has 4 nitrogen and oxygen atoms in total. The second-order valence-corrected chi connectivity index (χ2v) is 9.58. The van der Waals surface area contributed by atoms with Crippen LogP contribution in [0.2, 0.25) is 0 Å². The minimum atomic E-state index is -0.608. The molecule has 35 heavy (non-hydrogen) atoms. The minimum Gasteiger partial charge on any atom is -0.352 e. The Labute approximate surface area is 210 Å². The van der Waals surface area contributed by atoms with Gasteiger partial charge in [-0.2, -0.15) is 0 Å². The second-order valence-electron chi connectivity index (χ2n) is 9.58. The Hall–Kier alpha value is -3.40. The summed E-state index contributed by atoms with van der Waals surface area (Å²) in [5.41, 5.74) is 6.41. The average molecular weight is 471 g/mol. The number of aryl methyl sites for hydroxylation is 3. The molecule has 0 bridgehead atoms. The van der Waals surface area contributed by atoms with Crippen LogP contribution < -0.4 is 5.32 Å². The van der Waals surface area contributed by atoms with E-state index in [4.69, 9.17) is 0 Å². The molecule has 0 aliphatic rings. The van der Waals surface area contributed by atoms with Gasteiger partial charge in [0, 0.05) is 19.0 Å². The molecule has 3 aromatic carbocycles. The van der Waals surface area contributed by atoms with Crippen LogP contribution in [-0.4, -0.2) is 28.8 Å². The molecule has 0 aromatic heterocycles. The van der Waals surface area contributed by atoms with Crippen molar-refractivity contribution in [1.82, 2.24) is 10.2 Å². The number of hydrogen-bond acceptors (Lipinski definition) is 2. The minimum absolute atomic E-state index is 0.0372. The number of nitrogens with one attached hydrogen (secondary N) is 1. The van der Waals surface area contributed by atoms with Crippen molar-refractivity contribution < 1.29 is 9.59 Å². The Balaban J connectivity index is 2.01. The summed E-state index contributed by atoms with van der Waals surface area (Å²) < 4.78 is 0. The molecule has 0 spiro atoms. The standard InChI is InChI=1S/C31H38N2O2/c1-6-25(5)32-31(35)29(19-26-13-8-7-9-14-26)33(21-27-15-11-10-12-23(27)3)30(34)20-28-18-22(2)16-17-24(28)4/h7-18,25,29H,6,19-21H2,1-5H3,(H,32,35)/t25-,29-/m0/s1. The first kappa shape index (κ1) is 26.2. The highest BCUT2D eigenvalue weighted by atomic mass is 16.2. The second kappa shape index (κ2) is 12.3. The molecule has 0 saturated heterocycles. The Bertz CT molecular complexity index is 1140. The number of nitrogens with zero attached hydrogens (tertiary/aromatic N) is 1. The van der Waals surface area contributed by atoms with Gasteiger partial charge in [0.25, 0.3) is 0 Å². The van der Waals surface area contributed by atoms with Gasteiger partial charge < -0.3 is 10.2 Å². The lowest BCUT2D eigenvalue weighted by atomic mass is 9.98. The first-order valence-electron chi connectivity index (χ1n) is 12.5. The molecule has 0 heterocycles.